The van der Waals surface area contributed by atoms with Crippen molar-refractivity contribution in [1.29, 1.82) is 0 Å². The van der Waals surface area contributed by atoms with E-state index in [4.69, 9.17) is 0 Å². The van der Waals surface area contributed by atoms with E-state index < -0.39 is 0 Å². The van der Waals surface area contributed by atoms with Crippen LogP contribution < -0.4 is 0 Å². The Morgan fingerprint density at radius 3 is 2.56 bits per heavy atom. The molecule has 0 bridgehead atoms. The van der Waals surface area contributed by atoms with Gasteiger partial charge in [0.25, 0.3) is 0 Å². The lowest BCUT2D eigenvalue weighted by molar-refractivity contribution is 1.54. The van der Waals surface area contributed by atoms with Gasteiger partial charge in [-0.05, 0) is 19.4 Å². The van der Waals surface area contributed by atoms with Crippen molar-refractivity contribution in [2.45, 2.75) is 13.8 Å². The molecule has 0 fully saturated rings. The summed E-state index contributed by atoms with van der Waals surface area (Å²) in [5.74, 6) is 0. The zero-order valence-corrected chi connectivity index (χ0v) is 6.02. The molecule has 0 aromatic heterocycles. The average molecular weight is 120 g/mol. The number of rotatable bonds is 2. The van der Waals surface area contributed by atoms with E-state index in [0.717, 1.165) is 5.57 Å². The fourth-order valence-electron chi connectivity index (χ4n) is 0.370. The van der Waals surface area contributed by atoms with Gasteiger partial charge in [0.2, 0.25) is 0 Å². The van der Waals surface area contributed by atoms with Crippen LogP contribution in [0.1, 0.15) is 13.8 Å². The SMILES string of the molecule is C=C=C(C)C=CC=CC. The molecule has 48 valence electrons. The van der Waals surface area contributed by atoms with Crippen LogP contribution in [0.5, 0.6) is 0 Å². The van der Waals surface area contributed by atoms with Crippen LogP contribution in [0.4, 0.5) is 0 Å². The van der Waals surface area contributed by atoms with Crippen molar-refractivity contribution in [2.75, 3.05) is 0 Å². The summed E-state index contributed by atoms with van der Waals surface area (Å²) in [7, 11) is 0. The highest BCUT2D eigenvalue weighted by Crippen LogP contribution is 1.90. The minimum absolute atomic E-state index is 1.06. The summed E-state index contributed by atoms with van der Waals surface area (Å²) >= 11 is 0. The van der Waals surface area contributed by atoms with Crippen molar-refractivity contribution < 1.29 is 0 Å². The Morgan fingerprint density at radius 1 is 1.44 bits per heavy atom. The lowest BCUT2D eigenvalue weighted by Crippen LogP contribution is -1.58. The molecule has 0 aliphatic heterocycles. The van der Waals surface area contributed by atoms with Gasteiger partial charge < -0.3 is 0 Å². The summed E-state index contributed by atoms with van der Waals surface area (Å²) in [5.41, 5.74) is 3.83. The first kappa shape index (κ1) is 8.00. The highest BCUT2D eigenvalue weighted by Gasteiger charge is 1.70. The van der Waals surface area contributed by atoms with Gasteiger partial charge in [-0.2, -0.15) is 0 Å². The van der Waals surface area contributed by atoms with Gasteiger partial charge in [0.15, 0.2) is 0 Å². The van der Waals surface area contributed by atoms with Gasteiger partial charge in [0.1, 0.15) is 0 Å². The van der Waals surface area contributed by atoms with Crippen molar-refractivity contribution >= 4 is 0 Å². The van der Waals surface area contributed by atoms with Crippen LogP contribution in [0, 0.1) is 0 Å². The molecule has 0 spiro atoms. The first-order valence-electron chi connectivity index (χ1n) is 2.97. The molecule has 0 heteroatoms. The highest BCUT2D eigenvalue weighted by molar-refractivity contribution is 5.18. The second-order valence-electron chi connectivity index (χ2n) is 1.74. The van der Waals surface area contributed by atoms with Crippen LogP contribution in [0.15, 0.2) is 42.2 Å². The lowest BCUT2D eigenvalue weighted by Gasteiger charge is -1.78. The van der Waals surface area contributed by atoms with Gasteiger partial charge in [0, 0.05) is 0 Å². The van der Waals surface area contributed by atoms with Gasteiger partial charge in [0.05, 0.1) is 0 Å². The maximum absolute atomic E-state index is 3.50. The van der Waals surface area contributed by atoms with Crippen LogP contribution in [0.3, 0.4) is 0 Å². The van der Waals surface area contributed by atoms with Gasteiger partial charge in [-0.1, -0.05) is 30.9 Å². The quantitative estimate of drug-likeness (QED) is 0.388. The molecular formula is C9H12. The van der Waals surface area contributed by atoms with Gasteiger partial charge in [-0.3, -0.25) is 0 Å². The van der Waals surface area contributed by atoms with Crippen molar-refractivity contribution in [3.05, 3.63) is 42.2 Å². The van der Waals surface area contributed by atoms with Crippen LogP contribution in [-0.2, 0) is 0 Å². The van der Waals surface area contributed by atoms with E-state index in [2.05, 4.69) is 12.3 Å². The zero-order valence-electron chi connectivity index (χ0n) is 6.02. The van der Waals surface area contributed by atoms with E-state index in [-0.39, 0.29) is 0 Å². The molecule has 0 saturated heterocycles. The summed E-state index contributed by atoms with van der Waals surface area (Å²) in [5, 5.41) is 0. The maximum Gasteiger partial charge on any atom is -0.00976 e. The van der Waals surface area contributed by atoms with Crippen LogP contribution in [0.25, 0.3) is 0 Å². The molecule has 0 amide bonds. The molecule has 0 radical (unpaired) electrons. The zero-order chi connectivity index (χ0) is 7.11. The number of hydrogen-bond acceptors (Lipinski definition) is 0. The normalized spacial score (nSPS) is 10.4. The third kappa shape index (κ3) is 4.86. The molecule has 0 aliphatic rings. The topological polar surface area (TPSA) is 0 Å². The Kier molecular flexibility index (Phi) is 4.57. The minimum Gasteiger partial charge on any atom is -0.125 e. The van der Waals surface area contributed by atoms with Gasteiger partial charge in [-0.25, -0.2) is 0 Å². The lowest BCUT2D eigenvalue weighted by atomic mass is 10.3. The van der Waals surface area contributed by atoms with Crippen molar-refractivity contribution in [3.8, 4) is 0 Å². The Hall–Kier alpha value is -1.00. The van der Waals surface area contributed by atoms with Gasteiger partial charge in [-0.15, -0.1) is 5.73 Å². The number of allylic oxidation sites excluding steroid dienone is 5. The van der Waals surface area contributed by atoms with Gasteiger partial charge >= 0.3 is 0 Å². The van der Waals surface area contributed by atoms with E-state index >= 15 is 0 Å². The fourth-order valence-corrected chi connectivity index (χ4v) is 0.370. The van der Waals surface area contributed by atoms with E-state index in [9.17, 15) is 0 Å². The Balaban J connectivity index is 3.85. The smallest absolute Gasteiger partial charge is 0.00976 e. The molecule has 0 aromatic carbocycles. The first-order chi connectivity index (χ1) is 4.31. The maximum atomic E-state index is 3.50. The molecule has 0 aromatic rings. The molecule has 0 N–H and O–H groups in total. The van der Waals surface area contributed by atoms with Crippen molar-refractivity contribution in [1.82, 2.24) is 0 Å². The molecule has 0 rings (SSSR count). The van der Waals surface area contributed by atoms with E-state index in [1.807, 2.05) is 38.2 Å². The molecule has 0 heterocycles. The predicted molar refractivity (Wildman–Crippen MR) is 42.3 cm³/mol. The van der Waals surface area contributed by atoms with Crippen LogP contribution in [0.2, 0.25) is 0 Å². The summed E-state index contributed by atoms with van der Waals surface area (Å²) < 4.78 is 0. The average Bonchev–Trinajstić information content (AvgIpc) is 1.89. The molecule has 0 aliphatic carbocycles. The third-order valence-electron chi connectivity index (χ3n) is 0.929. The van der Waals surface area contributed by atoms with Crippen LogP contribution in [-0.4, -0.2) is 0 Å². The Labute approximate surface area is 56.9 Å². The van der Waals surface area contributed by atoms with Crippen molar-refractivity contribution in [3.63, 3.8) is 0 Å². The second-order valence-corrected chi connectivity index (χ2v) is 1.74. The fraction of sp³-hybridized carbons (Fsp3) is 0.222. The molecule has 0 unspecified atom stereocenters. The largest absolute Gasteiger partial charge is 0.125 e. The Morgan fingerprint density at radius 2 is 2.11 bits per heavy atom. The summed E-state index contributed by atoms with van der Waals surface area (Å²) in [6.45, 7) is 7.45. The third-order valence-corrected chi connectivity index (χ3v) is 0.929. The van der Waals surface area contributed by atoms with Crippen LogP contribution >= 0.6 is 0 Å². The van der Waals surface area contributed by atoms with Crippen molar-refractivity contribution in [2.24, 2.45) is 0 Å². The monoisotopic (exact) mass is 120 g/mol. The summed E-state index contributed by atoms with van der Waals surface area (Å²) in [6.07, 6.45) is 7.88. The molecular weight excluding hydrogens is 108 g/mol. The molecule has 0 saturated carbocycles. The van der Waals surface area contributed by atoms with E-state index in [0.29, 0.717) is 0 Å². The second kappa shape index (κ2) is 5.14. The minimum atomic E-state index is 1.06. The number of hydrogen-bond donors (Lipinski definition) is 0. The van der Waals surface area contributed by atoms with E-state index in [1.54, 1.807) is 0 Å². The standard InChI is InChI=1S/C9H12/c1-4-6-7-8-9(3)5-2/h4,6-8H,2H2,1,3H3. The summed E-state index contributed by atoms with van der Waals surface area (Å²) in [6, 6.07) is 0. The molecule has 9 heavy (non-hydrogen) atoms. The van der Waals surface area contributed by atoms with E-state index in [1.165, 1.54) is 0 Å². The molecule has 0 nitrogen and oxygen atoms in total. The molecule has 0 atom stereocenters. The Bertz CT molecular complexity index is 164. The highest BCUT2D eigenvalue weighted by atomic mass is 13.8. The summed E-state index contributed by atoms with van der Waals surface area (Å²) in [4.78, 5) is 0. The first-order valence-corrected chi connectivity index (χ1v) is 2.97. The predicted octanol–water partition coefficient (Wildman–Crippen LogP) is 2.85.